The summed E-state index contributed by atoms with van der Waals surface area (Å²) in [6.45, 7) is 2.84. The van der Waals surface area contributed by atoms with Gasteiger partial charge in [0.15, 0.2) is 0 Å². The molecular weight excluding hydrogens is 444 g/mol. The molecule has 7 nitrogen and oxygen atoms in total. The number of imide groups is 1. The summed E-state index contributed by atoms with van der Waals surface area (Å²) in [6.07, 6.45) is 4.74. The Morgan fingerprint density at radius 2 is 1.85 bits per heavy atom. The van der Waals surface area contributed by atoms with Gasteiger partial charge in [-0.05, 0) is 44.2 Å². The van der Waals surface area contributed by atoms with E-state index in [0.29, 0.717) is 36.6 Å². The summed E-state index contributed by atoms with van der Waals surface area (Å²) in [6, 6.07) is 6.88. The third kappa shape index (κ3) is 4.52. The van der Waals surface area contributed by atoms with Gasteiger partial charge in [-0.15, -0.1) is 0 Å². The number of carbonyl (C=O) groups is 4. The highest BCUT2D eigenvalue weighted by atomic mass is 35.5. The van der Waals surface area contributed by atoms with Gasteiger partial charge in [0.05, 0.1) is 17.9 Å². The normalized spacial score (nSPS) is 26.2. The Labute approximate surface area is 199 Å². The number of rotatable bonds is 6. The van der Waals surface area contributed by atoms with Gasteiger partial charge >= 0.3 is 5.97 Å². The molecule has 0 aromatic heterocycles. The average Bonchev–Trinajstić information content (AvgIpc) is 3.41. The van der Waals surface area contributed by atoms with Crippen LogP contribution in [0.2, 0.25) is 5.02 Å². The molecule has 0 radical (unpaired) electrons. The van der Waals surface area contributed by atoms with E-state index in [9.17, 15) is 19.2 Å². The van der Waals surface area contributed by atoms with Crippen molar-refractivity contribution >= 4 is 35.3 Å². The van der Waals surface area contributed by atoms with Crippen LogP contribution in [0.15, 0.2) is 24.3 Å². The van der Waals surface area contributed by atoms with E-state index >= 15 is 0 Å². The minimum absolute atomic E-state index is 0.0625. The fourth-order valence-corrected chi connectivity index (χ4v) is 5.93. The lowest BCUT2D eigenvalue weighted by Gasteiger charge is -2.35. The molecule has 2 aliphatic heterocycles. The monoisotopic (exact) mass is 474 g/mol. The first-order valence-corrected chi connectivity index (χ1v) is 12.3. The van der Waals surface area contributed by atoms with Gasteiger partial charge < -0.3 is 9.64 Å². The van der Waals surface area contributed by atoms with Gasteiger partial charge in [0, 0.05) is 37.0 Å². The van der Waals surface area contributed by atoms with Crippen molar-refractivity contribution in [3.63, 3.8) is 0 Å². The number of nitrogens with zero attached hydrogens (tertiary/aromatic N) is 2. The zero-order valence-corrected chi connectivity index (χ0v) is 19.8. The van der Waals surface area contributed by atoms with Gasteiger partial charge in [0.2, 0.25) is 17.7 Å². The Morgan fingerprint density at radius 3 is 2.55 bits per heavy atom. The highest BCUT2D eigenvalue weighted by Crippen LogP contribution is 2.45. The molecule has 178 valence electrons. The van der Waals surface area contributed by atoms with Crippen molar-refractivity contribution in [3.8, 4) is 0 Å². The largest absolute Gasteiger partial charge is 0.466 e. The first kappa shape index (κ1) is 23.7. The predicted octanol–water partition coefficient (Wildman–Crippen LogP) is 3.47. The first-order chi connectivity index (χ1) is 15.9. The van der Waals surface area contributed by atoms with E-state index in [-0.39, 0.29) is 55.0 Å². The van der Waals surface area contributed by atoms with Crippen molar-refractivity contribution in [2.75, 3.05) is 19.7 Å². The molecule has 0 bridgehead atoms. The SMILES string of the molecule is CCOC(=O)[C@H]1CCCN(C(=O)C[C@]2(c3ccccc3Cl)CC(=O)N(C3CCCC3)C2=O)C1. The van der Waals surface area contributed by atoms with Crippen LogP contribution in [0.3, 0.4) is 0 Å². The molecule has 1 aliphatic carbocycles. The van der Waals surface area contributed by atoms with Gasteiger partial charge in [0.1, 0.15) is 0 Å². The number of ether oxygens (including phenoxy) is 1. The Balaban J connectivity index is 1.62. The summed E-state index contributed by atoms with van der Waals surface area (Å²) in [7, 11) is 0. The lowest BCUT2D eigenvalue weighted by Crippen LogP contribution is -2.48. The van der Waals surface area contributed by atoms with E-state index in [1.54, 1.807) is 36.1 Å². The zero-order valence-electron chi connectivity index (χ0n) is 19.1. The molecular formula is C25H31ClN2O5. The van der Waals surface area contributed by atoms with E-state index in [1.807, 2.05) is 0 Å². The molecule has 3 amide bonds. The number of benzene rings is 1. The fourth-order valence-electron chi connectivity index (χ4n) is 5.61. The quantitative estimate of drug-likeness (QED) is 0.465. The Hall–Kier alpha value is -2.41. The maximum Gasteiger partial charge on any atom is 0.310 e. The summed E-state index contributed by atoms with van der Waals surface area (Å²) in [5, 5.41) is 0.378. The van der Waals surface area contributed by atoms with E-state index in [0.717, 1.165) is 25.7 Å². The number of carbonyl (C=O) groups excluding carboxylic acids is 4. The smallest absolute Gasteiger partial charge is 0.310 e. The van der Waals surface area contributed by atoms with Crippen LogP contribution < -0.4 is 0 Å². The molecule has 0 spiro atoms. The third-order valence-electron chi connectivity index (χ3n) is 7.28. The van der Waals surface area contributed by atoms with Gasteiger partial charge in [-0.1, -0.05) is 42.6 Å². The van der Waals surface area contributed by atoms with Crippen molar-refractivity contribution in [3.05, 3.63) is 34.9 Å². The summed E-state index contributed by atoms with van der Waals surface area (Å²) >= 11 is 6.51. The second kappa shape index (κ2) is 9.84. The highest BCUT2D eigenvalue weighted by Gasteiger charge is 2.56. The van der Waals surface area contributed by atoms with Crippen molar-refractivity contribution in [2.45, 2.75) is 69.7 Å². The van der Waals surface area contributed by atoms with Crippen LogP contribution in [0, 0.1) is 5.92 Å². The minimum Gasteiger partial charge on any atom is -0.466 e. The molecule has 4 rings (SSSR count). The molecule has 2 atom stereocenters. The topological polar surface area (TPSA) is 84.0 Å². The van der Waals surface area contributed by atoms with Crippen LogP contribution >= 0.6 is 11.6 Å². The number of likely N-dealkylation sites (tertiary alicyclic amines) is 2. The van der Waals surface area contributed by atoms with E-state index in [4.69, 9.17) is 16.3 Å². The van der Waals surface area contributed by atoms with Crippen LogP contribution in [0.1, 0.15) is 63.9 Å². The molecule has 3 fully saturated rings. The second-order valence-corrected chi connectivity index (χ2v) is 9.76. The van der Waals surface area contributed by atoms with E-state index in [1.165, 1.54) is 4.90 Å². The number of piperidine rings is 1. The maximum absolute atomic E-state index is 13.9. The van der Waals surface area contributed by atoms with Crippen LogP contribution in [0.4, 0.5) is 0 Å². The van der Waals surface area contributed by atoms with Crippen molar-refractivity contribution in [1.82, 2.24) is 9.80 Å². The van der Waals surface area contributed by atoms with Gasteiger partial charge in [0.25, 0.3) is 0 Å². The molecule has 3 aliphatic rings. The average molecular weight is 475 g/mol. The number of esters is 1. The van der Waals surface area contributed by atoms with E-state index < -0.39 is 5.41 Å². The summed E-state index contributed by atoms with van der Waals surface area (Å²) in [5.74, 6) is -1.45. The zero-order chi connectivity index (χ0) is 23.6. The molecule has 8 heteroatoms. The predicted molar refractivity (Wildman–Crippen MR) is 122 cm³/mol. The van der Waals surface area contributed by atoms with Crippen LogP contribution in [0.5, 0.6) is 0 Å². The van der Waals surface area contributed by atoms with Crippen LogP contribution in [-0.4, -0.2) is 59.2 Å². The number of amides is 3. The van der Waals surface area contributed by atoms with Crippen LogP contribution in [-0.2, 0) is 29.3 Å². The molecule has 2 heterocycles. The molecule has 2 saturated heterocycles. The maximum atomic E-state index is 13.9. The van der Waals surface area contributed by atoms with Gasteiger partial charge in [-0.2, -0.15) is 0 Å². The van der Waals surface area contributed by atoms with E-state index in [2.05, 4.69) is 0 Å². The molecule has 1 aromatic rings. The molecule has 0 N–H and O–H groups in total. The lowest BCUT2D eigenvalue weighted by molar-refractivity contribution is -0.152. The first-order valence-electron chi connectivity index (χ1n) is 11.9. The summed E-state index contributed by atoms with van der Waals surface area (Å²) in [5.41, 5.74) is -0.788. The Kier molecular flexibility index (Phi) is 7.07. The Bertz CT molecular complexity index is 944. The van der Waals surface area contributed by atoms with Gasteiger partial charge in [-0.3, -0.25) is 24.1 Å². The molecule has 0 unspecified atom stereocenters. The number of hydrogen-bond acceptors (Lipinski definition) is 5. The standard InChI is InChI=1S/C25H31ClN2O5/c1-2-33-23(31)17-8-7-13-27(16-17)21(29)14-25(19-11-5-6-12-20(19)26)15-22(30)28(24(25)32)18-9-3-4-10-18/h5-6,11-12,17-18H,2-4,7-10,13-16H2,1H3/t17-,25+/m0/s1. The summed E-state index contributed by atoms with van der Waals surface area (Å²) < 4.78 is 5.15. The van der Waals surface area contributed by atoms with Crippen molar-refractivity contribution < 1.29 is 23.9 Å². The number of hydrogen-bond donors (Lipinski definition) is 0. The molecule has 1 aromatic carbocycles. The van der Waals surface area contributed by atoms with Crippen molar-refractivity contribution in [2.24, 2.45) is 5.92 Å². The fraction of sp³-hybridized carbons (Fsp3) is 0.600. The van der Waals surface area contributed by atoms with Crippen LogP contribution in [0.25, 0.3) is 0 Å². The van der Waals surface area contributed by atoms with Crippen molar-refractivity contribution in [1.29, 1.82) is 0 Å². The minimum atomic E-state index is -1.31. The lowest BCUT2D eigenvalue weighted by atomic mass is 9.75. The van der Waals surface area contributed by atoms with Gasteiger partial charge in [-0.25, -0.2) is 0 Å². The third-order valence-corrected chi connectivity index (χ3v) is 7.61. The Morgan fingerprint density at radius 1 is 1.12 bits per heavy atom. The summed E-state index contributed by atoms with van der Waals surface area (Å²) in [4.78, 5) is 55.8. The molecule has 33 heavy (non-hydrogen) atoms. The second-order valence-electron chi connectivity index (χ2n) is 9.35. The molecule has 1 saturated carbocycles. The highest BCUT2D eigenvalue weighted by molar-refractivity contribution is 6.32. The number of halogens is 1.